The summed E-state index contributed by atoms with van der Waals surface area (Å²) in [6.45, 7) is 6.57. The molecule has 1 aromatic heterocycles. The quantitative estimate of drug-likeness (QED) is 0.747. The van der Waals surface area contributed by atoms with Crippen molar-refractivity contribution in [2.75, 3.05) is 0 Å². The number of H-pyrrole nitrogens is 1. The Labute approximate surface area is 85.0 Å². The lowest BCUT2D eigenvalue weighted by Gasteiger charge is -2.19. The van der Waals surface area contributed by atoms with E-state index in [1.54, 1.807) is 0 Å². The van der Waals surface area contributed by atoms with Crippen LogP contribution in [0.4, 0.5) is 0 Å². The van der Waals surface area contributed by atoms with Crippen LogP contribution in [0.3, 0.4) is 0 Å². The third kappa shape index (κ3) is 1.82. The van der Waals surface area contributed by atoms with E-state index in [9.17, 15) is 0 Å². The third-order valence-corrected chi connectivity index (χ3v) is 2.80. The minimum atomic E-state index is -1.51. The van der Waals surface area contributed by atoms with E-state index in [2.05, 4.69) is 36.8 Å². The molecule has 14 heavy (non-hydrogen) atoms. The summed E-state index contributed by atoms with van der Waals surface area (Å²) in [6, 6.07) is 8.21. The van der Waals surface area contributed by atoms with E-state index in [1.165, 1.54) is 5.39 Å². The first kappa shape index (κ1) is 9.34. The smallest absolute Gasteiger partial charge is 0.242 e. The van der Waals surface area contributed by atoms with Gasteiger partial charge in [-0.15, -0.1) is 0 Å². The molecule has 2 aromatic rings. The molecule has 0 aliphatic carbocycles. The van der Waals surface area contributed by atoms with Crippen LogP contribution in [-0.4, -0.2) is 13.3 Å². The van der Waals surface area contributed by atoms with Gasteiger partial charge in [0, 0.05) is 11.6 Å². The Balaban J connectivity index is 2.46. The number of aromatic nitrogens is 1. The maximum atomic E-state index is 5.98. The van der Waals surface area contributed by atoms with Crippen molar-refractivity contribution in [3.05, 3.63) is 30.5 Å². The van der Waals surface area contributed by atoms with E-state index in [4.69, 9.17) is 4.43 Å². The van der Waals surface area contributed by atoms with E-state index in [0.29, 0.717) is 0 Å². The van der Waals surface area contributed by atoms with E-state index >= 15 is 0 Å². The highest BCUT2D eigenvalue weighted by Gasteiger charge is 2.17. The van der Waals surface area contributed by atoms with Crippen LogP contribution in [0.25, 0.3) is 10.9 Å². The number of aromatic amines is 1. The van der Waals surface area contributed by atoms with E-state index < -0.39 is 8.32 Å². The van der Waals surface area contributed by atoms with Gasteiger partial charge in [0.25, 0.3) is 0 Å². The summed E-state index contributed by atoms with van der Waals surface area (Å²) in [5.74, 6) is 0.978. The van der Waals surface area contributed by atoms with Crippen LogP contribution in [0.5, 0.6) is 5.75 Å². The lowest BCUT2D eigenvalue weighted by atomic mass is 10.2. The monoisotopic (exact) mass is 205 g/mol. The van der Waals surface area contributed by atoms with Crippen molar-refractivity contribution in [2.45, 2.75) is 19.6 Å². The maximum Gasteiger partial charge on any atom is 0.242 e. The highest BCUT2D eigenvalue weighted by Crippen LogP contribution is 2.25. The number of hydrogen-bond donors (Lipinski definition) is 1. The first-order valence-corrected chi connectivity index (χ1v) is 8.22. The highest BCUT2D eigenvalue weighted by molar-refractivity contribution is 6.70. The number of fused-ring (bicyclic) bond motifs is 1. The molecular weight excluding hydrogens is 190 g/mol. The highest BCUT2D eigenvalue weighted by atomic mass is 28.4. The van der Waals surface area contributed by atoms with E-state index in [-0.39, 0.29) is 0 Å². The van der Waals surface area contributed by atoms with Gasteiger partial charge in [0.05, 0.1) is 5.52 Å². The first-order valence-electron chi connectivity index (χ1n) is 4.81. The number of rotatable bonds is 2. The first-order chi connectivity index (χ1) is 6.56. The molecule has 0 bridgehead atoms. The third-order valence-electron chi connectivity index (χ3n) is 1.97. The van der Waals surface area contributed by atoms with Gasteiger partial charge < -0.3 is 9.41 Å². The minimum Gasteiger partial charge on any atom is -0.543 e. The molecule has 1 heterocycles. The maximum absolute atomic E-state index is 5.98. The lowest BCUT2D eigenvalue weighted by Crippen LogP contribution is -2.29. The summed E-state index contributed by atoms with van der Waals surface area (Å²) in [5.41, 5.74) is 1.11. The minimum absolute atomic E-state index is 0.978. The fourth-order valence-corrected chi connectivity index (χ4v) is 2.30. The standard InChI is InChI=1S/C11H15NOSi/c1-14(2,3)13-10-6-4-5-9-7-8-12-11(9)10/h4-8,12H,1-3H3. The van der Waals surface area contributed by atoms with Crippen molar-refractivity contribution in [3.8, 4) is 5.75 Å². The average Bonchev–Trinajstić information content (AvgIpc) is 2.49. The number of para-hydroxylation sites is 1. The molecule has 0 fully saturated rings. The number of nitrogens with one attached hydrogen (secondary N) is 1. The molecule has 1 aromatic carbocycles. The Morgan fingerprint density at radius 3 is 2.64 bits per heavy atom. The zero-order chi connectivity index (χ0) is 10.2. The van der Waals surface area contributed by atoms with Gasteiger partial charge in [-0.1, -0.05) is 12.1 Å². The second-order valence-electron chi connectivity index (χ2n) is 4.41. The van der Waals surface area contributed by atoms with Gasteiger partial charge in [-0.2, -0.15) is 0 Å². The summed E-state index contributed by atoms with van der Waals surface area (Å²) >= 11 is 0. The van der Waals surface area contributed by atoms with Crippen molar-refractivity contribution >= 4 is 19.2 Å². The summed E-state index contributed by atoms with van der Waals surface area (Å²) < 4.78 is 5.98. The van der Waals surface area contributed by atoms with Gasteiger partial charge in [0.2, 0.25) is 8.32 Å². The molecule has 2 rings (SSSR count). The Bertz CT molecular complexity index is 442. The van der Waals surface area contributed by atoms with Gasteiger partial charge in [-0.05, 0) is 31.8 Å². The van der Waals surface area contributed by atoms with Crippen LogP contribution >= 0.6 is 0 Å². The molecule has 0 radical (unpaired) electrons. The molecule has 0 spiro atoms. The molecule has 0 amide bonds. The van der Waals surface area contributed by atoms with E-state index in [0.717, 1.165) is 11.3 Å². The Morgan fingerprint density at radius 2 is 1.93 bits per heavy atom. The molecule has 2 nitrogen and oxygen atoms in total. The van der Waals surface area contributed by atoms with Gasteiger partial charge in [-0.3, -0.25) is 0 Å². The summed E-state index contributed by atoms with van der Waals surface area (Å²) in [4.78, 5) is 3.21. The summed E-state index contributed by atoms with van der Waals surface area (Å²) in [5, 5.41) is 1.21. The fraction of sp³-hybridized carbons (Fsp3) is 0.273. The van der Waals surface area contributed by atoms with Crippen LogP contribution < -0.4 is 4.43 Å². The molecule has 0 saturated carbocycles. The Morgan fingerprint density at radius 1 is 1.14 bits per heavy atom. The van der Waals surface area contributed by atoms with Crippen LogP contribution in [0.2, 0.25) is 19.6 Å². The van der Waals surface area contributed by atoms with Gasteiger partial charge >= 0.3 is 0 Å². The van der Waals surface area contributed by atoms with Crippen molar-refractivity contribution in [3.63, 3.8) is 0 Å². The van der Waals surface area contributed by atoms with Crippen molar-refractivity contribution in [2.24, 2.45) is 0 Å². The zero-order valence-electron chi connectivity index (χ0n) is 8.79. The Hall–Kier alpha value is -1.22. The largest absolute Gasteiger partial charge is 0.543 e. The SMILES string of the molecule is C[Si](C)(C)Oc1cccc2cc[nH]c12. The second kappa shape index (κ2) is 3.17. The number of benzene rings is 1. The molecule has 0 atom stereocenters. The molecule has 74 valence electrons. The molecule has 0 aliphatic rings. The fourth-order valence-electron chi connectivity index (χ4n) is 1.47. The van der Waals surface area contributed by atoms with Crippen molar-refractivity contribution < 1.29 is 4.43 Å². The average molecular weight is 205 g/mol. The molecular formula is C11H15NOSi. The molecule has 0 saturated heterocycles. The van der Waals surface area contributed by atoms with Gasteiger partial charge in [-0.25, -0.2) is 0 Å². The normalized spacial score (nSPS) is 11.9. The van der Waals surface area contributed by atoms with Gasteiger partial charge in [0.15, 0.2) is 0 Å². The predicted octanol–water partition coefficient (Wildman–Crippen LogP) is 3.38. The molecule has 0 unspecified atom stereocenters. The van der Waals surface area contributed by atoms with Crippen LogP contribution in [-0.2, 0) is 0 Å². The van der Waals surface area contributed by atoms with Gasteiger partial charge in [0.1, 0.15) is 5.75 Å². The molecule has 0 aliphatic heterocycles. The summed E-state index contributed by atoms with van der Waals surface area (Å²) in [6.07, 6.45) is 1.95. The van der Waals surface area contributed by atoms with Crippen molar-refractivity contribution in [1.82, 2.24) is 4.98 Å². The van der Waals surface area contributed by atoms with Crippen molar-refractivity contribution in [1.29, 1.82) is 0 Å². The lowest BCUT2D eigenvalue weighted by molar-refractivity contribution is 0.563. The Kier molecular flexibility index (Phi) is 2.11. The van der Waals surface area contributed by atoms with Crippen LogP contribution in [0.1, 0.15) is 0 Å². The topological polar surface area (TPSA) is 25.0 Å². The predicted molar refractivity (Wildman–Crippen MR) is 62.3 cm³/mol. The van der Waals surface area contributed by atoms with Crippen LogP contribution in [0, 0.1) is 0 Å². The van der Waals surface area contributed by atoms with E-state index in [1.807, 2.05) is 18.3 Å². The van der Waals surface area contributed by atoms with Crippen LogP contribution in [0.15, 0.2) is 30.5 Å². The molecule has 1 N–H and O–H groups in total. The zero-order valence-corrected chi connectivity index (χ0v) is 9.79. The number of hydrogen-bond acceptors (Lipinski definition) is 1. The molecule has 3 heteroatoms. The second-order valence-corrected chi connectivity index (χ2v) is 8.84. The summed E-state index contributed by atoms with van der Waals surface area (Å²) in [7, 11) is -1.51.